The average molecular weight is 1830 g/mol. The van der Waals surface area contributed by atoms with Gasteiger partial charge in [0.2, 0.25) is 28.5 Å². The summed E-state index contributed by atoms with van der Waals surface area (Å²) in [6.07, 6.45) is 51.2. The Morgan fingerprint density at radius 2 is 0.486 bits per heavy atom. The minimum Gasteiger partial charge on any atom is -0.200 e. The highest BCUT2D eigenvalue weighted by molar-refractivity contribution is 5.99. The normalized spacial score (nSPS) is 16.2. The Labute approximate surface area is 831 Å². The Morgan fingerprint density at radius 1 is 0.225 bits per heavy atom. The molecule has 6 aliphatic carbocycles. The quantitative estimate of drug-likeness (QED) is 0.109. The standard InChI is InChI=1S/C29H36N.C28H36N.C27H34N.C25H30N.C24H28N/c1-20-17-26(23-11-7-8-12-23)19-28(21(20)2)29-27-14-13-24(22-9-5-4-6-10-22)18-25(27)15-16-30(29)3;1-19-16-24(28(3,4)5)18-26(20(19)2)27-25-13-12-22(21-10-8-7-9-11-21)17-23(25)14-15-29(27)6;1-18(2)24-15-19(3)20(4)26(17-24)27-25-12-11-22(21-9-7-6-8-10-21)16-23(25)13-14-28(27)5;1-17-14-18(2)19(3)24(15-17)25-23-11-10-21(20-8-6-5-7-9-20)16-22(23)12-13-26(25)4;1-17-9-10-18(2)23(15-17)24-22-12-11-20(19-7-5-4-6-8-19)16-21(22)13-14-25(24)3/h13-19,22-23H,4-12H2,1-3H3;12-18,21H,7-11H2,1-6H3;11-18,21H,6-10H2,1-5H3;10-16,20H,5-9H2,1-4H3;9-16,19H,4-8H2,1-3H3/q5*+1. The predicted octanol–water partition coefficient (Wildman–Crippen LogP) is 34.4. The monoisotopic (exact) mass is 1830 g/mol. The van der Waals surface area contributed by atoms with E-state index in [1.165, 1.54) is 391 Å². The molecule has 0 aliphatic heterocycles. The second kappa shape index (κ2) is 43.6. The molecule has 716 valence electrons. The third kappa shape index (κ3) is 21.9. The lowest BCUT2D eigenvalue weighted by Crippen LogP contribution is -2.31. The van der Waals surface area contributed by atoms with Crippen LogP contribution in [0.15, 0.2) is 219 Å². The molecule has 0 amide bonds. The van der Waals surface area contributed by atoms with Crippen molar-refractivity contribution in [3.63, 3.8) is 0 Å². The van der Waals surface area contributed by atoms with Gasteiger partial charge < -0.3 is 0 Å². The van der Waals surface area contributed by atoms with Crippen LogP contribution in [0.4, 0.5) is 0 Å². The number of hydrogen-bond acceptors (Lipinski definition) is 0. The van der Waals surface area contributed by atoms with Gasteiger partial charge in [0.15, 0.2) is 31.0 Å². The Balaban J connectivity index is 0.000000120. The highest BCUT2D eigenvalue weighted by Crippen LogP contribution is 2.46. The lowest BCUT2D eigenvalue weighted by atomic mass is 9.82. The van der Waals surface area contributed by atoms with E-state index in [-0.39, 0.29) is 5.41 Å². The van der Waals surface area contributed by atoms with Gasteiger partial charge >= 0.3 is 0 Å². The topological polar surface area (TPSA) is 19.4 Å². The molecule has 0 N–H and O–H groups in total. The summed E-state index contributed by atoms with van der Waals surface area (Å²) in [4.78, 5) is 0. The van der Waals surface area contributed by atoms with Gasteiger partial charge in [0.1, 0.15) is 35.2 Å². The van der Waals surface area contributed by atoms with Crippen LogP contribution in [-0.2, 0) is 40.7 Å². The summed E-state index contributed by atoms with van der Waals surface area (Å²) in [5.74, 6) is 5.07. The number of hydrogen-bond donors (Lipinski definition) is 0. The minimum absolute atomic E-state index is 0.143. The van der Waals surface area contributed by atoms with Crippen molar-refractivity contribution in [2.75, 3.05) is 0 Å². The third-order valence-corrected chi connectivity index (χ3v) is 34.1. The zero-order chi connectivity index (χ0) is 96.9. The molecule has 6 fully saturated rings. The molecular formula is C133H164N5+5. The Bertz CT molecular complexity index is 6920. The molecule has 0 spiro atoms. The van der Waals surface area contributed by atoms with Crippen LogP contribution in [0.2, 0.25) is 0 Å². The number of aromatic nitrogens is 5. The molecule has 0 unspecified atom stereocenters. The Hall–Kier alpha value is -10.8. The van der Waals surface area contributed by atoms with Crippen molar-refractivity contribution >= 4 is 53.9 Å². The fourth-order valence-corrected chi connectivity index (χ4v) is 25.0. The molecule has 21 rings (SSSR count). The minimum atomic E-state index is 0.143. The molecule has 0 atom stereocenters. The smallest absolute Gasteiger partial charge is 0.200 e. The first kappa shape index (κ1) is 98.8. The van der Waals surface area contributed by atoms with Gasteiger partial charge in [-0.1, -0.05) is 252 Å². The van der Waals surface area contributed by atoms with E-state index in [4.69, 9.17) is 0 Å². The SMILES string of the molecule is Cc1cc(C(C)(C)C)cc(-c2c3ccc(C4CCCCC4)cc3cc[n+]2C)c1C.Cc1cc(C(C)C)cc(-c2c3ccc(C4CCCCC4)cc3cc[n+]2C)c1C.Cc1cc(C)c(C)c(-c2c3ccc(C4CCCCC4)cc3cc[n+]2C)c1.Cc1cc(C2CCCC2)cc(-c2c3ccc(C4CCCCC4)cc3cc[n+]2C)c1C.Cc1ccc(C)c(-c2c3ccc(C4CCCCC4)cc3cc[n+]2C)c1. The lowest BCUT2D eigenvalue weighted by Gasteiger charge is -2.23. The zero-order valence-corrected chi connectivity index (χ0v) is 88.6. The van der Waals surface area contributed by atoms with Crippen molar-refractivity contribution in [1.29, 1.82) is 0 Å². The van der Waals surface area contributed by atoms with E-state index in [1.54, 1.807) is 11.1 Å². The summed E-state index contributed by atoms with van der Waals surface area (Å²) in [6, 6.07) is 73.6. The van der Waals surface area contributed by atoms with Crippen LogP contribution in [-0.4, -0.2) is 0 Å². The first-order valence-corrected chi connectivity index (χ1v) is 54.1. The van der Waals surface area contributed by atoms with Crippen LogP contribution < -0.4 is 22.8 Å². The van der Waals surface area contributed by atoms with E-state index < -0.39 is 0 Å². The highest BCUT2D eigenvalue weighted by Gasteiger charge is 2.31. The molecule has 5 heterocycles. The van der Waals surface area contributed by atoms with Crippen molar-refractivity contribution in [2.45, 2.75) is 344 Å². The summed E-state index contributed by atoms with van der Waals surface area (Å²) >= 11 is 0. The molecule has 15 aromatic rings. The van der Waals surface area contributed by atoms with Crippen LogP contribution in [0.25, 0.3) is 110 Å². The van der Waals surface area contributed by atoms with Gasteiger partial charge in [-0.2, -0.15) is 0 Å². The molecule has 10 aromatic carbocycles. The number of fused-ring (bicyclic) bond motifs is 5. The van der Waals surface area contributed by atoms with E-state index in [1.807, 2.05) is 0 Å². The van der Waals surface area contributed by atoms with Crippen molar-refractivity contribution in [1.82, 2.24) is 0 Å². The molecule has 5 aromatic heterocycles. The van der Waals surface area contributed by atoms with Gasteiger partial charge in [-0.15, -0.1) is 0 Å². The van der Waals surface area contributed by atoms with Crippen molar-refractivity contribution < 1.29 is 22.8 Å². The molecule has 6 aliphatic rings. The molecule has 0 saturated heterocycles. The maximum Gasteiger partial charge on any atom is 0.220 e. The number of aryl methyl sites for hydroxylation is 12. The number of nitrogens with zero attached hydrogens (tertiary/aromatic N) is 5. The van der Waals surface area contributed by atoms with Gasteiger partial charge in [-0.05, 0) is 382 Å². The highest BCUT2D eigenvalue weighted by atomic mass is 14.9. The first-order valence-electron chi connectivity index (χ1n) is 54.1. The van der Waals surface area contributed by atoms with Crippen LogP contribution in [0.5, 0.6) is 0 Å². The van der Waals surface area contributed by atoms with Crippen LogP contribution in [0.1, 0.15) is 368 Å². The fourth-order valence-electron chi connectivity index (χ4n) is 25.0. The predicted molar refractivity (Wildman–Crippen MR) is 588 cm³/mol. The van der Waals surface area contributed by atoms with Gasteiger partial charge in [-0.3, -0.25) is 0 Å². The summed E-state index contributed by atoms with van der Waals surface area (Å²) in [6.45, 7) is 36.2. The van der Waals surface area contributed by atoms with Gasteiger partial charge in [0.25, 0.3) is 0 Å². The van der Waals surface area contributed by atoms with Crippen LogP contribution in [0.3, 0.4) is 0 Å². The maximum atomic E-state index is 2.52. The molecule has 0 bridgehead atoms. The van der Waals surface area contributed by atoms with Crippen molar-refractivity contribution in [3.8, 4) is 56.3 Å². The molecular weight excluding hydrogens is 1670 g/mol. The van der Waals surface area contributed by atoms with Gasteiger partial charge in [-0.25, -0.2) is 22.8 Å². The van der Waals surface area contributed by atoms with E-state index in [0.717, 1.165) is 35.5 Å². The number of rotatable bonds is 12. The second-order valence-corrected chi connectivity index (χ2v) is 45.2. The van der Waals surface area contributed by atoms with Crippen molar-refractivity contribution in [2.24, 2.45) is 35.2 Å². The zero-order valence-electron chi connectivity index (χ0n) is 88.6. The molecule has 0 radical (unpaired) electrons. The Morgan fingerprint density at radius 3 is 0.804 bits per heavy atom. The second-order valence-electron chi connectivity index (χ2n) is 45.2. The van der Waals surface area contributed by atoms with Gasteiger partial charge in [0.05, 0.1) is 49.2 Å². The number of pyridine rings is 5. The van der Waals surface area contributed by atoms with Gasteiger partial charge in [0, 0.05) is 35.9 Å². The van der Waals surface area contributed by atoms with E-state index in [2.05, 4.69) is 388 Å². The summed E-state index contributed by atoms with van der Waals surface area (Å²) in [7, 11) is 10.9. The summed E-state index contributed by atoms with van der Waals surface area (Å²) < 4.78 is 11.5. The van der Waals surface area contributed by atoms with Crippen LogP contribution >= 0.6 is 0 Å². The average Bonchev–Trinajstić information content (AvgIpc) is 0.942. The summed E-state index contributed by atoms with van der Waals surface area (Å²) in [5.41, 5.74) is 41.0. The van der Waals surface area contributed by atoms with E-state index >= 15 is 0 Å². The fraction of sp³-hybridized carbons (Fsp3) is 0.436. The first-order chi connectivity index (χ1) is 66.5. The third-order valence-electron chi connectivity index (χ3n) is 34.1. The maximum absolute atomic E-state index is 2.52. The summed E-state index contributed by atoms with van der Waals surface area (Å²) in [5, 5.41) is 13.7. The number of benzene rings is 10. The molecule has 138 heavy (non-hydrogen) atoms. The largest absolute Gasteiger partial charge is 0.220 e. The molecule has 5 nitrogen and oxygen atoms in total. The molecule has 5 heteroatoms. The van der Waals surface area contributed by atoms with E-state index in [9.17, 15) is 0 Å². The van der Waals surface area contributed by atoms with E-state index in [0.29, 0.717) is 5.92 Å². The Kier molecular flexibility index (Phi) is 31.2. The molecule has 6 saturated carbocycles. The van der Waals surface area contributed by atoms with Crippen LogP contribution in [0, 0.1) is 76.2 Å². The van der Waals surface area contributed by atoms with Crippen molar-refractivity contribution in [3.05, 3.63) is 325 Å². The lowest BCUT2D eigenvalue weighted by molar-refractivity contribution is -0.659.